The summed E-state index contributed by atoms with van der Waals surface area (Å²) in [7, 11) is 0. The molecule has 2 fully saturated rings. The fourth-order valence-corrected chi connectivity index (χ4v) is 4.24. The lowest BCUT2D eigenvalue weighted by Crippen LogP contribution is -2.30. The van der Waals surface area contributed by atoms with Gasteiger partial charge in [-0.2, -0.15) is 5.10 Å². The normalized spacial score (nSPS) is 27.4. The Morgan fingerprint density at radius 3 is 2.95 bits per heavy atom. The number of carbonyl (C=O) groups excluding carboxylic acids is 1. The van der Waals surface area contributed by atoms with Gasteiger partial charge < -0.3 is 0 Å². The van der Waals surface area contributed by atoms with Crippen LogP contribution in [-0.4, -0.2) is 16.6 Å². The van der Waals surface area contributed by atoms with Gasteiger partial charge in [0, 0.05) is 11.1 Å². The van der Waals surface area contributed by atoms with Crippen LogP contribution in [0.2, 0.25) is 0 Å². The Balaban J connectivity index is 1.50. The summed E-state index contributed by atoms with van der Waals surface area (Å²) in [6.07, 6.45) is 9.22. The molecule has 2 aliphatic rings. The van der Waals surface area contributed by atoms with E-state index in [4.69, 9.17) is 0 Å². The minimum absolute atomic E-state index is 0.0569. The van der Waals surface area contributed by atoms with Crippen molar-refractivity contribution in [2.45, 2.75) is 58.3 Å². The number of fused-ring (bicyclic) bond motifs is 1. The van der Waals surface area contributed by atoms with E-state index in [1.165, 1.54) is 37.8 Å². The molecule has 0 radical (unpaired) electrons. The van der Waals surface area contributed by atoms with Crippen molar-refractivity contribution in [2.75, 3.05) is 0 Å². The third-order valence-electron chi connectivity index (χ3n) is 4.71. The van der Waals surface area contributed by atoms with Crippen LogP contribution in [-0.2, 0) is 11.2 Å². The predicted molar refractivity (Wildman–Crippen MR) is 85.4 cm³/mol. The highest BCUT2D eigenvalue weighted by atomic mass is 32.1. The predicted octanol–water partition coefficient (Wildman–Crippen LogP) is 3.46. The first-order valence-corrected chi connectivity index (χ1v) is 8.84. The highest BCUT2D eigenvalue weighted by Gasteiger charge is 2.30. The Morgan fingerprint density at radius 1 is 1.38 bits per heavy atom. The van der Waals surface area contributed by atoms with Gasteiger partial charge in [0.25, 0.3) is 0 Å². The van der Waals surface area contributed by atoms with Crippen LogP contribution in [0.4, 0.5) is 0 Å². The van der Waals surface area contributed by atoms with Gasteiger partial charge in [0.1, 0.15) is 0 Å². The molecular formula is C16H23N3OS. The number of rotatable bonds is 3. The van der Waals surface area contributed by atoms with Crippen LogP contribution in [0, 0.1) is 18.8 Å². The van der Waals surface area contributed by atoms with Gasteiger partial charge >= 0.3 is 0 Å². The van der Waals surface area contributed by atoms with Crippen molar-refractivity contribution in [3.05, 3.63) is 16.1 Å². The third-order valence-corrected chi connectivity index (χ3v) is 5.54. The fraction of sp³-hybridized carbons (Fsp3) is 0.688. The second-order valence-corrected chi connectivity index (χ2v) is 7.36. The van der Waals surface area contributed by atoms with Gasteiger partial charge in [0.15, 0.2) is 0 Å². The lowest BCUT2D eigenvalue weighted by molar-refractivity contribution is -0.120. The average molecular weight is 305 g/mol. The molecule has 1 heterocycles. The zero-order valence-corrected chi connectivity index (χ0v) is 13.4. The van der Waals surface area contributed by atoms with Gasteiger partial charge in [0.2, 0.25) is 5.91 Å². The summed E-state index contributed by atoms with van der Waals surface area (Å²) in [6, 6.07) is 0. The second kappa shape index (κ2) is 6.69. The molecule has 0 aromatic carbocycles. The van der Waals surface area contributed by atoms with Crippen LogP contribution >= 0.6 is 11.3 Å². The molecule has 1 aromatic rings. The maximum atomic E-state index is 11.9. The number of thiazole rings is 1. The van der Waals surface area contributed by atoms with Crippen LogP contribution in [0.15, 0.2) is 10.5 Å². The van der Waals surface area contributed by atoms with Gasteiger partial charge in [-0.15, -0.1) is 11.3 Å². The van der Waals surface area contributed by atoms with Crippen molar-refractivity contribution in [3.8, 4) is 0 Å². The molecule has 3 rings (SSSR count). The van der Waals surface area contributed by atoms with Gasteiger partial charge in [-0.3, -0.25) is 4.79 Å². The Hall–Kier alpha value is -1.23. The van der Waals surface area contributed by atoms with E-state index in [0.717, 1.165) is 35.4 Å². The largest absolute Gasteiger partial charge is 0.273 e. The van der Waals surface area contributed by atoms with E-state index < -0.39 is 0 Å². The number of hydrogen-bond acceptors (Lipinski definition) is 4. The number of carbonyl (C=O) groups is 1. The molecule has 21 heavy (non-hydrogen) atoms. The third kappa shape index (κ3) is 3.90. The first kappa shape index (κ1) is 14.7. The molecule has 0 aliphatic heterocycles. The fourth-order valence-electron chi connectivity index (χ4n) is 3.63. The molecule has 1 amide bonds. The molecule has 4 nitrogen and oxygen atoms in total. The average Bonchev–Trinajstić information content (AvgIpc) is 2.90. The zero-order valence-electron chi connectivity index (χ0n) is 12.6. The standard InChI is InChI=1S/C16H23N3OS/c1-11-17-15(10-21-11)9-16(20)19-18-14-7-6-12-4-2-3-5-13(12)8-14/h10,12-13H,2-9H2,1H3,(H,19,20)/b18-14+/t12-,13-/m0/s1. The smallest absolute Gasteiger partial charge is 0.246 e. The summed E-state index contributed by atoms with van der Waals surface area (Å²) in [5, 5.41) is 7.31. The lowest BCUT2D eigenvalue weighted by atomic mass is 9.70. The Labute approximate surface area is 130 Å². The summed E-state index contributed by atoms with van der Waals surface area (Å²) in [5.74, 6) is 1.66. The number of hydrazone groups is 1. The maximum absolute atomic E-state index is 11.9. The van der Waals surface area contributed by atoms with Gasteiger partial charge in [0.05, 0.1) is 17.1 Å². The second-order valence-electron chi connectivity index (χ2n) is 6.30. The van der Waals surface area contributed by atoms with E-state index in [-0.39, 0.29) is 5.91 Å². The highest BCUT2D eigenvalue weighted by Crippen LogP contribution is 2.39. The minimum atomic E-state index is -0.0569. The van der Waals surface area contributed by atoms with E-state index >= 15 is 0 Å². The van der Waals surface area contributed by atoms with Crippen LogP contribution in [0.1, 0.15) is 55.6 Å². The lowest BCUT2D eigenvalue weighted by Gasteiger charge is -2.35. The Morgan fingerprint density at radius 2 is 2.19 bits per heavy atom. The topological polar surface area (TPSA) is 54.4 Å². The minimum Gasteiger partial charge on any atom is -0.273 e. The summed E-state index contributed by atoms with van der Waals surface area (Å²) < 4.78 is 0. The molecule has 0 bridgehead atoms. The molecule has 2 saturated carbocycles. The van der Waals surface area contributed by atoms with Crippen molar-refractivity contribution in [2.24, 2.45) is 16.9 Å². The number of nitrogens with one attached hydrogen (secondary N) is 1. The molecule has 0 saturated heterocycles. The number of hydrogen-bond donors (Lipinski definition) is 1. The molecule has 114 valence electrons. The van der Waals surface area contributed by atoms with Crippen LogP contribution in [0.3, 0.4) is 0 Å². The molecule has 5 heteroatoms. The van der Waals surface area contributed by atoms with Crippen molar-refractivity contribution in [3.63, 3.8) is 0 Å². The summed E-state index contributed by atoms with van der Waals surface area (Å²) in [4.78, 5) is 16.2. The van der Waals surface area contributed by atoms with Crippen LogP contribution < -0.4 is 5.43 Å². The Bertz CT molecular complexity index is 537. The molecular weight excluding hydrogens is 282 g/mol. The summed E-state index contributed by atoms with van der Waals surface area (Å²) >= 11 is 1.58. The van der Waals surface area contributed by atoms with Crippen molar-refractivity contribution in [1.29, 1.82) is 0 Å². The molecule has 1 aromatic heterocycles. The molecule has 1 N–H and O–H groups in total. The monoisotopic (exact) mass is 305 g/mol. The van der Waals surface area contributed by atoms with Crippen LogP contribution in [0.25, 0.3) is 0 Å². The maximum Gasteiger partial charge on any atom is 0.246 e. The van der Waals surface area contributed by atoms with E-state index in [0.29, 0.717) is 6.42 Å². The van der Waals surface area contributed by atoms with Crippen molar-refractivity contribution in [1.82, 2.24) is 10.4 Å². The van der Waals surface area contributed by atoms with E-state index in [1.807, 2.05) is 12.3 Å². The first-order chi connectivity index (χ1) is 10.2. The van der Waals surface area contributed by atoms with Crippen molar-refractivity contribution < 1.29 is 4.79 Å². The van der Waals surface area contributed by atoms with Crippen LogP contribution in [0.5, 0.6) is 0 Å². The van der Waals surface area contributed by atoms with Crippen molar-refractivity contribution >= 4 is 23.0 Å². The number of nitrogens with zero attached hydrogens (tertiary/aromatic N) is 2. The Kier molecular flexibility index (Phi) is 4.68. The SMILES string of the molecule is Cc1nc(CC(=O)N/N=C2\CC[C@@H]3CCCC[C@H]3C2)cs1. The van der Waals surface area contributed by atoms with Gasteiger partial charge in [-0.1, -0.05) is 19.3 Å². The van der Waals surface area contributed by atoms with E-state index in [9.17, 15) is 4.79 Å². The number of aromatic nitrogens is 1. The van der Waals surface area contributed by atoms with Gasteiger partial charge in [-0.25, -0.2) is 10.4 Å². The zero-order chi connectivity index (χ0) is 14.7. The van der Waals surface area contributed by atoms with E-state index in [1.54, 1.807) is 11.3 Å². The van der Waals surface area contributed by atoms with Gasteiger partial charge in [-0.05, 0) is 44.4 Å². The van der Waals surface area contributed by atoms with E-state index in [2.05, 4.69) is 15.5 Å². The summed E-state index contributed by atoms with van der Waals surface area (Å²) in [5.41, 5.74) is 4.74. The quantitative estimate of drug-likeness (QED) is 0.870. The number of amides is 1. The first-order valence-electron chi connectivity index (χ1n) is 7.96. The highest BCUT2D eigenvalue weighted by molar-refractivity contribution is 7.09. The molecule has 2 aliphatic carbocycles. The molecule has 0 unspecified atom stereocenters. The molecule has 0 spiro atoms. The molecule has 2 atom stereocenters. The summed E-state index contributed by atoms with van der Waals surface area (Å²) in [6.45, 7) is 1.95. The number of aryl methyl sites for hydroxylation is 1.